The first-order chi connectivity index (χ1) is 8.05. The van der Waals surface area contributed by atoms with E-state index < -0.39 is 0 Å². The quantitative estimate of drug-likeness (QED) is 0.672. The lowest BCUT2D eigenvalue weighted by Gasteiger charge is -2.29. The predicted molar refractivity (Wildman–Crippen MR) is 73.9 cm³/mol. The van der Waals surface area contributed by atoms with Gasteiger partial charge in [-0.1, -0.05) is 33.6 Å². The minimum atomic E-state index is -0.388. The van der Waals surface area contributed by atoms with E-state index in [0.717, 1.165) is 32.0 Å². The van der Waals surface area contributed by atoms with E-state index in [1.165, 1.54) is 12.8 Å². The molecule has 100 valence electrons. The summed E-state index contributed by atoms with van der Waals surface area (Å²) in [5.74, 6) is 0.790. The molecule has 0 radical (unpaired) electrons. The topological polar surface area (TPSA) is 39.1 Å². The van der Waals surface area contributed by atoms with E-state index in [-0.39, 0.29) is 5.54 Å². The number of nitrogens with one attached hydrogen (secondary N) is 1. The van der Waals surface area contributed by atoms with Gasteiger partial charge in [-0.3, -0.25) is 0 Å². The molecule has 17 heavy (non-hydrogen) atoms. The van der Waals surface area contributed by atoms with Gasteiger partial charge in [0.1, 0.15) is 5.54 Å². The smallest absolute Gasteiger partial charge is 0.104 e. The molecule has 0 saturated heterocycles. The summed E-state index contributed by atoms with van der Waals surface area (Å²) in [4.78, 5) is 2.46. The summed E-state index contributed by atoms with van der Waals surface area (Å²) < 4.78 is 0. The van der Waals surface area contributed by atoms with Crippen LogP contribution in [0.1, 0.15) is 47.0 Å². The largest absolute Gasteiger partial charge is 0.303 e. The molecule has 0 aromatic rings. The maximum Gasteiger partial charge on any atom is 0.104 e. The van der Waals surface area contributed by atoms with Gasteiger partial charge in [0.15, 0.2) is 0 Å². The van der Waals surface area contributed by atoms with E-state index >= 15 is 0 Å². The van der Waals surface area contributed by atoms with E-state index in [9.17, 15) is 0 Å². The van der Waals surface area contributed by atoms with Crippen LogP contribution < -0.4 is 5.32 Å². The maximum atomic E-state index is 9.11. The fourth-order valence-corrected chi connectivity index (χ4v) is 1.91. The molecule has 3 heteroatoms. The number of hydrogen-bond acceptors (Lipinski definition) is 3. The van der Waals surface area contributed by atoms with Crippen LogP contribution in [0.15, 0.2) is 0 Å². The molecule has 0 saturated carbocycles. The molecule has 0 spiro atoms. The Balaban J connectivity index is 4.19. The SMILES string of the molecule is CCC(CC)CN(CC)CCC(C)(C#N)NC. The highest BCUT2D eigenvalue weighted by Crippen LogP contribution is 2.13. The number of hydrogen-bond donors (Lipinski definition) is 1. The summed E-state index contributed by atoms with van der Waals surface area (Å²) in [6.07, 6.45) is 3.37. The van der Waals surface area contributed by atoms with Gasteiger partial charge in [0, 0.05) is 13.1 Å². The van der Waals surface area contributed by atoms with Crippen molar-refractivity contribution in [3.05, 3.63) is 0 Å². The van der Waals surface area contributed by atoms with Crippen molar-refractivity contribution < 1.29 is 0 Å². The average Bonchev–Trinajstić information content (AvgIpc) is 2.39. The molecule has 0 heterocycles. The van der Waals surface area contributed by atoms with Gasteiger partial charge >= 0.3 is 0 Å². The molecule has 0 bridgehead atoms. The zero-order chi connectivity index (χ0) is 13.3. The maximum absolute atomic E-state index is 9.11. The first-order valence-corrected chi connectivity index (χ1v) is 6.87. The van der Waals surface area contributed by atoms with Crippen molar-refractivity contribution in [3.8, 4) is 6.07 Å². The summed E-state index contributed by atoms with van der Waals surface area (Å²) in [6, 6.07) is 2.35. The van der Waals surface area contributed by atoms with E-state index in [1.54, 1.807) is 0 Å². The molecule has 0 amide bonds. The summed E-state index contributed by atoms with van der Waals surface area (Å²) in [5.41, 5.74) is -0.388. The molecule has 1 N–H and O–H groups in total. The average molecular weight is 239 g/mol. The zero-order valence-electron chi connectivity index (χ0n) is 12.2. The fourth-order valence-electron chi connectivity index (χ4n) is 1.91. The van der Waals surface area contributed by atoms with Crippen LogP contribution in [0.2, 0.25) is 0 Å². The van der Waals surface area contributed by atoms with Gasteiger partial charge in [-0.2, -0.15) is 5.26 Å². The molecule has 0 aromatic heterocycles. The van der Waals surface area contributed by atoms with Gasteiger partial charge in [0.25, 0.3) is 0 Å². The molecule has 1 atom stereocenters. The van der Waals surface area contributed by atoms with Gasteiger partial charge in [-0.05, 0) is 32.9 Å². The standard InChI is InChI=1S/C14H29N3/c1-6-13(7-2)11-17(8-3)10-9-14(4,12-15)16-5/h13,16H,6-11H2,1-5H3. The Morgan fingerprint density at radius 1 is 1.29 bits per heavy atom. The van der Waals surface area contributed by atoms with Crippen LogP contribution in [0.4, 0.5) is 0 Å². The summed E-state index contributed by atoms with van der Waals surface area (Å²) >= 11 is 0. The molecule has 0 fully saturated rings. The highest BCUT2D eigenvalue weighted by molar-refractivity contribution is 5.03. The molecule has 3 nitrogen and oxygen atoms in total. The molecule has 1 unspecified atom stereocenters. The Kier molecular flexibility index (Phi) is 8.20. The second-order valence-corrected chi connectivity index (χ2v) is 5.02. The van der Waals surface area contributed by atoms with E-state index in [1.807, 2.05) is 14.0 Å². The molecule has 0 rings (SSSR count). The molecular weight excluding hydrogens is 210 g/mol. The van der Waals surface area contributed by atoms with Crippen molar-refractivity contribution in [1.29, 1.82) is 5.26 Å². The van der Waals surface area contributed by atoms with Crippen LogP contribution in [0.25, 0.3) is 0 Å². The number of nitrogens with zero attached hydrogens (tertiary/aromatic N) is 2. The van der Waals surface area contributed by atoms with E-state index in [2.05, 4.69) is 37.1 Å². The monoisotopic (exact) mass is 239 g/mol. The van der Waals surface area contributed by atoms with Crippen LogP contribution >= 0.6 is 0 Å². The van der Waals surface area contributed by atoms with Gasteiger partial charge in [0.2, 0.25) is 0 Å². The lowest BCUT2D eigenvalue weighted by atomic mass is 9.98. The van der Waals surface area contributed by atoms with Gasteiger partial charge in [-0.15, -0.1) is 0 Å². The van der Waals surface area contributed by atoms with Gasteiger partial charge < -0.3 is 10.2 Å². The summed E-state index contributed by atoms with van der Waals surface area (Å²) in [7, 11) is 1.86. The second kappa shape index (κ2) is 8.49. The highest BCUT2D eigenvalue weighted by Gasteiger charge is 2.22. The Bertz CT molecular complexity index is 230. The van der Waals surface area contributed by atoms with Crippen molar-refractivity contribution in [2.75, 3.05) is 26.7 Å². The van der Waals surface area contributed by atoms with Crippen molar-refractivity contribution in [2.24, 2.45) is 5.92 Å². The summed E-state index contributed by atoms with van der Waals surface area (Å²) in [5, 5.41) is 12.2. The normalized spacial score (nSPS) is 14.9. The fraction of sp³-hybridized carbons (Fsp3) is 0.929. The molecule has 0 aliphatic rings. The second-order valence-electron chi connectivity index (χ2n) is 5.02. The van der Waals surface area contributed by atoms with Gasteiger partial charge in [0.05, 0.1) is 6.07 Å². The van der Waals surface area contributed by atoms with Crippen molar-refractivity contribution >= 4 is 0 Å². The minimum Gasteiger partial charge on any atom is -0.303 e. The van der Waals surface area contributed by atoms with E-state index in [4.69, 9.17) is 5.26 Å². The molecule has 0 aromatic carbocycles. The molecule has 0 aliphatic carbocycles. The Hall–Kier alpha value is -0.590. The molecular formula is C14H29N3. The lowest BCUT2D eigenvalue weighted by molar-refractivity contribution is 0.216. The zero-order valence-corrected chi connectivity index (χ0v) is 12.2. The third kappa shape index (κ3) is 6.05. The first kappa shape index (κ1) is 16.4. The van der Waals surface area contributed by atoms with Crippen molar-refractivity contribution in [3.63, 3.8) is 0 Å². The van der Waals surface area contributed by atoms with Crippen LogP contribution in [-0.4, -0.2) is 37.1 Å². The third-order valence-corrected chi connectivity index (χ3v) is 3.84. The van der Waals surface area contributed by atoms with Crippen LogP contribution in [-0.2, 0) is 0 Å². The van der Waals surface area contributed by atoms with Gasteiger partial charge in [-0.25, -0.2) is 0 Å². The first-order valence-electron chi connectivity index (χ1n) is 6.87. The molecule has 0 aliphatic heterocycles. The minimum absolute atomic E-state index is 0.388. The van der Waals surface area contributed by atoms with Crippen LogP contribution in [0.3, 0.4) is 0 Å². The Morgan fingerprint density at radius 2 is 1.88 bits per heavy atom. The Morgan fingerprint density at radius 3 is 2.24 bits per heavy atom. The van der Waals surface area contributed by atoms with Crippen LogP contribution in [0.5, 0.6) is 0 Å². The predicted octanol–water partition coefficient (Wildman–Crippen LogP) is 2.64. The van der Waals surface area contributed by atoms with Crippen molar-refractivity contribution in [1.82, 2.24) is 10.2 Å². The lowest BCUT2D eigenvalue weighted by Crippen LogP contribution is -2.42. The highest BCUT2D eigenvalue weighted by atomic mass is 15.1. The third-order valence-electron chi connectivity index (χ3n) is 3.84. The summed E-state index contributed by atoms with van der Waals surface area (Å²) in [6.45, 7) is 11.9. The van der Waals surface area contributed by atoms with Crippen molar-refractivity contribution in [2.45, 2.75) is 52.5 Å². The number of nitriles is 1. The van der Waals surface area contributed by atoms with Crippen LogP contribution in [0, 0.1) is 17.2 Å². The van der Waals surface area contributed by atoms with E-state index in [0.29, 0.717) is 0 Å². The Labute approximate surface area is 107 Å². The number of rotatable bonds is 9.